The molecule has 9 nitrogen and oxygen atoms in total. The van der Waals surface area contributed by atoms with Crippen LogP contribution in [0.25, 0.3) is 11.3 Å². The molecule has 0 saturated carbocycles. The predicted octanol–water partition coefficient (Wildman–Crippen LogP) is 0.345. The van der Waals surface area contributed by atoms with Crippen LogP contribution in [0.5, 0.6) is 0 Å². The van der Waals surface area contributed by atoms with Gasteiger partial charge in [-0.2, -0.15) is 0 Å². The van der Waals surface area contributed by atoms with Crippen molar-refractivity contribution in [3.63, 3.8) is 0 Å². The Morgan fingerprint density at radius 1 is 1.25 bits per heavy atom. The Bertz CT molecular complexity index is 1130. The smallest absolute Gasteiger partial charge is 0.349 e. The quantitative estimate of drug-likeness (QED) is 0.637. The van der Waals surface area contributed by atoms with Crippen molar-refractivity contribution in [2.24, 2.45) is 5.73 Å². The third-order valence-corrected chi connectivity index (χ3v) is 5.08. The van der Waals surface area contributed by atoms with Crippen LogP contribution in [0.15, 0.2) is 39.7 Å². The molecule has 0 atom stereocenters. The number of nitrogens with zero attached hydrogens (tertiary/aromatic N) is 2. The van der Waals surface area contributed by atoms with Gasteiger partial charge in [-0.25, -0.2) is 4.79 Å². The number of hydrogen-bond donors (Lipinski definition) is 3. The number of H-pyrrole nitrogens is 1. The van der Waals surface area contributed by atoms with Crippen LogP contribution < -0.4 is 21.7 Å². The SMILES string of the molecule is NCc1ccn(C2=CC3=C(CC2)CCc2[nH]c(=O)c(=O)n(OCC(=O)O)c23)c1. The van der Waals surface area contributed by atoms with Gasteiger partial charge in [0.1, 0.15) is 5.69 Å². The molecular formula is C19H20N4O5. The average molecular weight is 384 g/mol. The van der Waals surface area contributed by atoms with Crippen LogP contribution in [0.2, 0.25) is 0 Å². The fourth-order valence-corrected chi connectivity index (χ4v) is 3.73. The maximum absolute atomic E-state index is 12.4. The van der Waals surface area contributed by atoms with Crippen molar-refractivity contribution in [1.82, 2.24) is 14.3 Å². The molecule has 9 heteroatoms. The highest BCUT2D eigenvalue weighted by atomic mass is 16.7. The van der Waals surface area contributed by atoms with Gasteiger partial charge in [-0.3, -0.25) is 9.59 Å². The summed E-state index contributed by atoms with van der Waals surface area (Å²) in [6.45, 7) is -0.271. The van der Waals surface area contributed by atoms with Gasteiger partial charge in [0, 0.05) is 35.9 Å². The highest BCUT2D eigenvalue weighted by Gasteiger charge is 2.27. The molecule has 0 amide bonds. The van der Waals surface area contributed by atoms with E-state index in [9.17, 15) is 14.4 Å². The van der Waals surface area contributed by atoms with E-state index in [0.29, 0.717) is 24.4 Å². The second-order valence-electron chi connectivity index (χ2n) is 6.83. The number of nitrogens with one attached hydrogen (secondary N) is 1. The summed E-state index contributed by atoms with van der Waals surface area (Å²) < 4.78 is 2.82. The van der Waals surface area contributed by atoms with Gasteiger partial charge in [-0.05, 0) is 43.4 Å². The molecule has 0 unspecified atom stereocenters. The molecule has 0 fully saturated rings. The third-order valence-electron chi connectivity index (χ3n) is 5.08. The van der Waals surface area contributed by atoms with Gasteiger partial charge >= 0.3 is 17.1 Å². The molecule has 146 valence electrons. The van der Waals surface area contributed by atoms with Crippen molar-refractivity contribution in [2.45, 2.75) is 32.2 Å². The molecule has 2 aliphatic rings. The minimum absolute atomic E-state index is 0.426. The first-order chi connectivity index (χ1) is 13.5. The summed E-state index contributed by atoms with van der Waals surface area (Å²) in [5.41, 5.74) is 8.91. The largest absolute Gasteiger partial charge is 0.479 e. The lowest BCUT2D eigenvalue weighted by molar-refractivity contribution is -0.142. The second-order valence-corrected chi connectivity index (χ2v) is 6.83. The van der Waals surface area contributed by atoms with E-state index in [1.807, 2.05) is 29.1 Å². The number of aromatic nitrogens is 3. The number of hydrogen-bond acceptors (Lipinski definition) is 5. The molecule has 0 aliphatic heterocycles. The monoisotopic (exact) mass is 384 g/mol. The molecule has 0 aromatic carbocycles. The van der Waals surface area contributed by atoms with Gasteiger partial charge < -0.3 is 25.2 Å². The summed E-state index contributed by atoms with van der Waals surface area (Å²) in [4.78, 5) is 43.1. The Balaban J connectivity index is 1.85. The van der Waals surface area contributed by atoms with E-state index in [-0.39, 0.29) is 0 Å². The molecule has 0 spiro atoms. The fraction of sp³-hybridized carbons (Fsp3) is 0.316. The summed E-state index contributed by atoms with van der Waals surface area (Å²) in [6, 6.07) is 1.95. The van der Waals surface area contributed by atoms with Crippen LogP contribution in [0.3, 0.4) is 0 Å². The topological polar surface area (TPSA) is 132 Å². The molecule has 2 aromatic heterocycles. The number of allylic oxidation sites excluding steroid dienone is 4. The van der Waals surface area contributed by atoms with Gasteiger partial charge in [-0.1, -0.05) is 5.57 Å². The minimum atomic E-state index is -1.23. The van der Waals surface area contributed by atoms with Gasteiger partial charge in [0.05, 0.1) is 0 Å². The first kappa shape index (κ1) is 18.1. The van der Waals surface area contributed by atoms with Crippen molar-refractivity contribution in [3.8, 4) is 0 Å². The summed E-state index contributed by atoms with van der Waals surface area (Å²) in [7, 11) is 0. The molecule has 4 N–H and O–H groups in total. The first-order valence-corrected chi connectivity index (χ1v) is 9.01. The van der Waals surface area contributed by atoms with Crippen molar-refractivity contribution < 1.29 is 14.7 Å². The van der Waals surface area contributed by atoms with Crippen molar-refractivity contribution >= 4 is 17.2 Å². The van der Waals surface area contributed by atoms with Gasteiger partial charge in [-0.15, -0.1) is 4.73 Å². The normalized spacial score (nSPS) is 15.7. The lowest BCUT2D eigenvalue weighted by Gasteiger charge is -2.28. The number of aromatic amines is 1. The fourth-order valence-electron chi connectivity index (χ4n) is 3.73. The second kappa shape index (κ2) is 7.01. The van der Waals surface area contributed by atoms with E-state index in [1.165, 1.54) is 0 Å². The summed E-state index contributed by atoms with van der Waals surface area (Å²) in [6.07, 6.45) is 8.82. The van der Waals surface area contributed by atoms with Crippen molar-refractivity contribution in [3.05, 3.63) is 67.8 Å². The van der Waals surface area contributed by atoms with Crippen LogP contribution in [0.1, 0.15) is 36.2 Å². The first-order valence-electron chi connectivity index (χ1n) is 9.01. The molecule has 2 heterocycles. The van der Waals surface area contributed by atoms with E-state index >= 15 is 0 Å². The van der Waals surface area contributed by atoms with Crippen LogP contribution in [-0.2, 0) is 17.8 Å². The van der Waals surface area contributed by atoms with Crippen LogP contribution >= 0.6 is 0 Å². The number of fused-ring (bicyclic) bond motifs is 2. The van der Waals surface area contributed by atoms with Gasteiger partial charge in [0.2, 0.25) is 6.61 Å². The maximum atomic E-state index is 12.4. The highest BCUT2D eigenvalue weighted by Crippen LogP contribution is 2.38. The maximum Gasteiger partial charge on any atom is 0.349 e. The number of carboxylic acids is 1. The van der Waals surface area contributed by atoms with Gasteiger partial charge in [0.15, 0.2) is 0 Å². The molecule has 2 aromatic rings. The average Bonchev–Trinajstić information content (AvgIpc) is 3.17. The van der Waals surface area contributed by atoms with E-state index in [1.54, 1.807) is 0 Å². The van der Waals surface area contributed by atoms with Crippen molar-refractivity contribution in [2.75, 3.05) is 6.61 Å². The lowest BCUT2D eigenvalue weighted by atomic mass is 9.85. The third kappa shape index (κ3) is 3.09. The Kier molecular flexibility index (Phi) is 4.52. The van der Waals surface area contributed by atoms with Crippen LogP contribution in [0.4, 0.5) is 0 Å². The number of carbonyl (C=O) groups is 1. The molecule has 0 radical (unpaired) electrons. The molecule has 28 heavy (non-hydrogen) atoms. The van der Waals surface area contributed by atoms with Crippen molar-refractivity contribution in [1.29, 1.82) is 0 Å². The molecule has 2 aliphatic carbocycles. The highest BCUT2D eigenvalue weighted by molar-refractivity contribution is 5.84. The molecule has 4 rings (SSSR count). The zero-order valence-electron chi connectivity index (χ0n) is 15.1. The number of aryl methyl sites for hydroxylation is 1. The Morgan fingerprint density at radius 2 is 2.04 bits per heavy atom. The summed E-state index contributed by atoms with van der Waals surface area (Å²) in [5, 5.41) is 8.92. The zero-order chi connectivity index (χ0) is 19.8. The molecule has 0 saturated heterocycles. The van der Waals surface area contributed by atoms with E-state index < -0.39 is 23.7 Å². The Hall–Kier alpha value is -3.33. The predicted molar refractivity (Wildman–Crippen MR) is 101 cm³/mol. The number of rotatable bonds is 5. The zero-order valence-corrected chi connectivity index (χ0v) is 15.1. The van der Waals surface area contributed by atoms with Crippen LogP contribution in [0, 0.1) is 0 Å². The van der Waals surface area contributed by atoms with E-state index in [2.05, 4.69) is 4.98 Å². The summed E-state index contributed by atoms with van der Waals surface area (Å²) in [5.74, 6) is -1.23. The Morgan fingerprint density at radius 3 is 2.75 bits per heavy atom. The molecule has 0 bridgehead atoms. The number of aliphatic carboxylic acids is 1. The summed E-state index contributed by atoms with van der Waals surface area (Å²) >= 11 is 0. The lowest BCUT2D eigenvalue weighted by Crippen LogP contribution is -2.44. The van der Waals surface area contributed by atoms with E-state index in [0.717, 1.165) is 46.4 Å². The number of nitrogens with two attached hydrogens (primary N) is 1. The standard InChI is InChI=1S/C19H20N4O5/c20-8-11-5-6-22(9-11)13-3-1-12-2-4-15-17(14(12)7-13)23(28-10-16(24)25)19(27)18(26)21-15/h5-7,9H,1-4,8,10,20H2,(H,21,26)(H,24,25). The van der Waals surface area contributed by atoms with Gasteiger partial charge in [0.25, 0.3) is 0 Å². The van der Waals surface area contributed by atoms with E-state index in [4.69, 9.17) is 15.7 Å². The molecular weight excluding hydrogens is 364 g/mol. The van der Waals surface area contributed by atoms with Crippen LogP contribution in [-0.4, -0.2) is 32.0 Å². The number of carboxylic acid groups (broad SMARTS) is 1. The minimum Gasteiger partial charge on any atom is -0.479 e. The Labute approximate surface area is 159 Å².